The summed E-state index contributed by atoms with van der Waals surface area (Å²) in [6.07, 6.45) is 3.93. The van der Waals surface area contributed by atoms with Crippen LogP contribution in [-0.2, 0) is 6.42 Å². The van der Waals surface area contributed by atoms with E-state index in [1.807, 2.05) is 6.07 Å². The van der Waals surface area contributed by atoms with Gasteiger partial charge in [-0.05, 0) is 36.2 Å². The van der Waals surface area contributed by atoms with E-state index in [2.05, 4.69) is 11.6 Å². The number of benzene rings is 2. The Morgan fingerprint density at radius 1 is 1.24 bits per heavy atom. The molecule has 0 saturated carbocycles. The number of phenolic OH excluding ortho intramolecular Hbond substituents is 2. The minimum atomic E-state index is 0.0180. The molecule has 2 rings (SSSR count). The van der Waals surface area contributed by atoms with Gasteiger partial charge in [-0.25, -0.2) is 0 Å². The fraction of sp³-hybridized carbons (Fsp3) is 0.118. The molecule has 0 atom stereocenters. The quantitative estimate of drug-likeness (QED) is 0.651. The Hall–Kier alpha value is -2.75. The van der Waals surface area contributed by atoms with Crippen LogP contribution in [0.5, 0.6) is 17.2 Å². The zero-order valence-electron chi connectivity index (χ0n) is 11.8. The van der Waals surface area contributed by atoms with E-state index in [-0.39, 0.29) is 11.5 Å². The summed E-state index contributed by atoms with van der Waals surface area (Å²) in [5.74, 6) is 0.486. The number of rotatable bonds is 5. The summed E-state index contributed by atoms with van der Waals surface area (Å²) in [6.45, 7) is 3.70. The molecule has 0 radical (unpaired) electrons. The monoisotopic (exact) mass is 283 g/mol. The molecule has 0 fully saturated rings. The average Bonchev–Trinajstić information content (AvgIpc) is 2.49. The molecule has 0 heterocycles. The normalized spacial score (nSPS) is 10.7. The average molecular weight is 283 g/mol. The molecule has 4 nitrogen and oxygen atoms in total. The van der Waals surface area contributed by atoms with Crippen molar-refractivity contribution in [2.24, 2.45) is 4.99 Å². The topological polar surface area (TPSA) is 62.1 Å². The van der Waals surface area contributed by atoms with Crippen LogP contribution in [0.2, 0.25) is 0 Å². The predicted octanol–water partition coefficient (Wildman–Crippen LogP) is 3.59. The van der Waals surface area contributed by atoms with Crippen molar-refractivity contribution in [3.8, 4) is 17.2 Å². The third-order valence-corrected chi connectivity index (χ3v) is 2.99. The van der Waals surface area contributed by atoms with Crippen LogP contribution in [0.3, 0.4) is 0 Å². The van der Waals surface area contributed by atoms with E-state index in [0.29, 0.717) is 23.4 Å². The molecule has 0 aliphatic carbocycles. The van der Waals surface area contributed by atoms with E-state index in [1.54, 1.807) is 36.4 Å². The fourth-order valence-electron chi connectivity index (χ4n) is 1.94. The minimum Gasteiger partial charge on any atom is -0.506 e. The first kappa shape index (κ1) is 14.7. The highest BCUT2D eigenvalue weighted by Gasteiger charge is 2.09. The highest BCUT2D eigenvalue weighted by atomic mass is 16.5. The SMILES string of the molecule is C=CCc1cc(C=Nc2ccccc2O)c(O)c(OC)c1. The summed E-state index contributed by atoms with van der Waals surface area (Å²) in [5.41, 5.74) is 1.91. The van der Waals surface area contributed by atoms with Crippen molar-refractivity contribution < 1.29 is 14.9 Å². The molecule has 21 heavy (non-hydrogen) atoms. The number of methoxy groups -OCH3 is 1. The summed E-state index contributed by atoms with van der Waals surface area (Å²) in [4.78, 5) is 4.20. The molecule has 0 aliphatic rings. The van der Waals surface area contributed by atoms with Gasteiger partial charge in [0.2, 0.25) is 0 Å². The van der Waals surface area contributed by atoms with Crippen molar-refractivity contribution in [2.45, 2.75) is 6.42 Å². The molecule has 0 spiro atoms. The Morgan fingerprint density at radius 2 is 2.00 bits per heavy atom. The number of phenols is 2. The van der Waals surface area contributed by atoms with Gasteiger partial charge in [-0.1, -0.05) is 18.2 Å². The summed E-state index contributed by atoms with van der Waals surface area (Å²) in [5, 5.41) is 19.8. The Kier molecular flexibility index (Phi) is 4.61. The van der Waals surface area contributed by atoms with Crippen molar-refractivity contribution in [1.82, 2.24) is 0 Å². The maximum atomic E-state index is 10.1. The summed E-state index contributed by atoms with van der Waals surface area (Å²) in [7, 11) is 1.50. The molecule has 0 saturated heterocycles. The highest BCUT2D eigenvalue weighted by molar-refractivity contribution is 5.87. The third-order valence-electron chi connectivity index (χ3n) is 2.99. The van der Waals surface area contributed by atoms with Crippen LogP contribution in [0.4, 0.5) is 5.69 Å². The molecule has 0 aromatic heterocycles. The maximum absolute atomic E-state index is 10.1. The summed E-state index contributed by atoms with van der Waals surface area (Å²) in [6, 6.07) is 10.3. The van der Waals surface area contributed by atoms with Gasteiger partial charge in [0.25, 0.3) is 0 Å². The lowest BCUT2D eigenvalue weighted by Gasteiger charge is -2.09. The molecule has 0 amide bonds. The van der Waals surface area contributed by atoms with Crippen LogP contribution in [0.15, 0.2) is 54.0 Å². The van der Waals surface area contributed by atoms with Gasteiger partial charge >= 0.3 is 0 Å². The molecule has 0 unspecified atom stereocenters. The molecular weight excluding hydrogens is 266 g/mol. The van der Waals surface area contributed by atoms with Crippen LogP contribution >= 0.6 is 0 Å². The van der Waals surface area contributed by atoms with Crippen molar-refractivity contribution >= 4 is 11.9 Å². The molecule has 108 valence electrons. The van der Waals surface area contributed by atoms with E-state index >= 15 is 0 Å². The van der Waals surface area contributed by atoms with Gasteiger partial charge in [-0.15, -0.1) is 6.58 Å². The first-order chi connectivity index (χ1) is 10.2. The number of para-hydroxylation sites is 2. The van der Waals surface area contributed by atoms with Gasteiger partial charge in [0.15, 0.2) is 11.5 Å². The maximum Gasteiger partial charge on any atom is 0.166 e. The molecule has 2 N–H and O–H groups in total. The number of hydrogen-bond donors (Lipinski definition) is 2. The van der Waals surface area contributed by atoms with Crippen molar-refractivity contribution in [1.29, 1.82) is 0 Å². The highest BCUT2D eigenvalue weighted by Crippen LogP contribution is 2.32. The minimum absolute atomic E-state index is 0.0180. The van der Waals surface area contributed by atoms with Crippen molar-refractivity contribution in [3.05, 3.63) is 60.2 Å². The molecule has 2 aromatic rings. The largest absolute Gasteiger partial charge is 0.506 e. The lowest BCUT2D eigenvalue weighted by Crippen LogP contribution is -1.93. The summed E-state index contributed by atoms with van der Waals surface area (Å²) < 4.78 is 5.15. The van der Waals surface area contributed by atoms with E-state index < -0.39 is 0 Å². The number of ether oxygens (including phenoxy) is 1. The standard InChI is InChI=1S/C17H17NO3/c1-3-6-12-9-13(17(20)16(10-12)21-2)11-18-14-7-4-5-8-15(14)19/h3-5,7-11,19-20H,1,6H2,2H3. The van der Waals surface area contributed by atoms with Crippen LogP contribution < -0.4 is 4.74 Å². The van der Waals surface area contributed by atoms with E-state index in [9.17, 15) is 10.2 Å². The lowest BCUT2D eigenvalue weighted by atomic mass is 10.1. The molecular formula is C17H17NO3. The zero-order chi connectivity index (χ0) is 15.2. The number of aromatic hydroxyl groups is 2. The molecule has 2 aromatic carbocycles. The first-order valence-electron chi connectivity index (χ1n) is 6.48. The van der Waals surface area contributed by atoms with Gasteiger partial charge < -0.3 is 14.9 Å². The Bertz CT molecular complexity index is 678. The molecule has 0 aliphatic heterocycles. The van der Waals surface area contributed by atoms with Crippen LogP contribution in [0, 0.1) is 0 Å². The Labute approximate surface area is 123 Å². The van der Waals surface area contributed by atoms with Gasteiger partial charge in [-0.3, -0.25) is 4.99 Å². The Morgan fingerprint density at radius 3 is 2.67 bits per heavy atom. The van der Waals surface area contributed by atoms with Crippen LogP contribution in [0.1, 0.15) is 11.1 Å². The van der Waals surface area contributed by atoms with Gasteiger partial charge in [0.05, 0.1) is 7.11 Å². The smallest absolute Gasteiger partial charge is 0.166 e. The van der Waals surface area contributed by atoms with E-state index in [0.717, 1.165) is 5.56 Å². The lowest BCUT2D eigenvalue weighted by molar-refractivity contribution is 0.372. The number of aliphatic imine (C=N–C) groups is 1. The summed E-state index contributed by atoms with van der Waals surface area (Å²) >= 11 is 0. The van der Waals surface area contributed by atoms with Crippen LogP contribution in [0.25, 0.3) is 0 Å². The predicted molar refractivity (Wildman–Crippen MR) is 83.9 cm³/mol. The van der Waals surface area contributed by atoms with Gasteiger partial charge in [0, 0.05) is 11.8 Å². The zero-order valence-corrected chi connectivity index (χ0v) is 11.8. The van der Waals surface area contributed by atoms with Gasteiger partial charge in [-0.2, -0.15) is 0 Å². The molecule has 4 heteroatoms. The molecule has 0 bridgehead atoms. The number of hydrogen-bond acceptors (Lipinski definition) is 4. The second kappa shape index (κ2) is 6.61. The van der Waals surface area contributed by atoms with Crippen molar-refractivity contribution in [2.75, 3.05) is 7.11 Å². The van der Waals surface area contributed by atoms with E-state index in [1.165, 1.54) is 13.3 Å². The number of nitrogens with zero attached hydrogens (tertiary/aromatic N) is 1. The fourth-order valence-corrected chi connectivity index (χ4v) is 1.94. The Balaban J connectivity index is 2.41. The van der Waals surface area contributed by atoms with Crippen LogP contribution in [-0.4, -0.2) is 23.5 Å². The third kappa shape index (κ3) is 3.42. The first-order valence-corrected chi connectivity index (χ1v) is 6.48. The second-order valence-corrected chi connectivity index (χ2v) is 4.48. The van der Waals surface area contributed by atoms with E-state index in [4.69, 9.17) is 4.74 Å². The van der Waals surface area contributed by atoms with Gasteiger partial charge in [0.1, 0.15) is 11.4 Å². The van der Waals surface area contributed by atoms with Crippen molar-refractivity contribution in [3.63, 3.8) is 0 Å². The second-order valence-electron chi connectivity index (χ2n) is 4.48. The number of allylic oxidation sites excluding steroid dienone is 1.